The zero-order valence-corrected chi connectivity index (χ0v) is 13.4. The van der Waals surface area contributed by atoms with Crippen molar-refractivity contribution in [2.45, 2.75) is 32.8 Å². The van der Waals surface area contributed by atoms with E-state index in [2.05, 4.69) is 35.0 Å². The first-order valence-electron chi connectivity index (χ1n) is 6.84. The lowest BCUT2D eigenvalue weighted by atomic mass is 10.1. The number of rotatable bonds is 5. The van der Waals surface area contributed by atoms with Gasteiger partial charge in [0.2, 0.25) is 0 Å². The van der Waals surface area contributed by atoms with E-state index in [9.17, 15) is 5.11 Å². The second-order valence-corrected chi connectivity index (χ2v) is 5.71. The van der Waals surface area contributed by atoms with Crippen molar-refractivity contribution in [3.05, 3.63) is 58.1 Å². The monoisotopic (exact) mass is 334 g/mol. The highest BCUT2D eigenvalue weighted by atomic mass is 79.9. The van der Waals surface area contributed by atoms with E-state index in [4.69, 9.17) is 4.74 Å². The van der Waals surface area contributed by atoms with Gasteiger partial charge in [-0.15, -0.1) is 0 Å². The smallest absolute Gasteiger partial charge is 0.128 e. The van der Waals surface area contributed by atoms with Crippen LogP contribution < -0.4 is 4.74 Å². The molecule has 0 aliphatic rings. The Morgan fingerprint density at radius 2 is 1.75 bits per heavy atom. The highest BCUT2D eigenvalue weighted by molar-refractivity contribution is 9.10. The number of aliphatic hydroxyl groups excluding tert-OH is 1. The van der Waals surface area contributed by atoms with Gasteiger partial charge in [-0.1, -0.05) is 47.5 Å². The lowest BCUT2D eigenvalue weighted by Gasteiger charge is -2.11. The van der Waals surface area contributed by atoms with Crippen LogP contribution in [0.15, 0.2) is 46.9 Å². The van der Waals surface area contributed by atoms with Gasteiger partial charge in [-0.3, -0.25) is 0 Å². The van der Waals surface area contributed by atoms with Crippen LogP contribution in [0.1, 0.15) is 37.5 Å². The summed E-state index contributed by atoms with van der Waals surface area (Å²) in [6.07, 6.45) is 1.75. The van der Waals surface area contributed by atoms with Gasteiger partial charge in [0, 0.05) is 4.47 Å². The van der Waals surface area contributed by atoms with Gasteiger partial charge in [0.25, 0.3) is 0 Å². The Hall–Kier alpha value is -1.32. The number of hydrogen-bond donors (Lipinski definition) is 1. The minimum atomic E-state index is -0.494. The Labute approximate surface area is 128 Å². The Morgan fingerprint density at radius 1 is 1.10 bits per heavy atom. The molecule has 1 unspecified atom stereocenters. The third-order valence-electron chi connectivity index (χ3n) is 3.12. The summed E-state index contributed by atoms with van der Waals surface area (Å²) >= 11 is 3.45. The minimum Gasteiger partial charge on any atom is -0.457 e. The quantitative estimate of drug-likeness (QED) is 0.809. The summed E-state index contributed by atoms with van der Waals surface area (Å²) in [6.45, 7) is 3.92. The molecule has 2 aromatic rings. The van der Waals surface area contributed by atoms with Gasteiger partial charge < -0.3 is 9.84 Å². The Bertz CT molecular complexity index is 562. The van der Waals surface area contributed by atoms with Crippen molar-refractivity contribution >= 4 is 15.9 Å². The summed E-state index contributed by atoms with van der Waals surface area (Å²) in [7, 11) is 0. The van der Waals surface area contributed by atoms with Crippen LogP contribution in [0.4, 0.5) is 0 Å². The van der Waals surface area contributed by atoms with Crippen molar-refractivity contribution in [2.24, 2.45) is 0 Å². The molecule has 2 nitrogen and oxygen atoms in total. The van der Waals surface area contributed by atoms with Crippen molar-refractivity contribution in [3.63, 3.8) is 0 Å². The lowest BCUT2D eigenvalue weighted by Crippen LogP contribution is -1.93. The SMILES string of the molecule is CCCc1ccc(Oc2ccc(C(C)O)c(Br)c2)cc1. The molecule has 2 aromatic carbocycles. The first-order chi connectivity index (χ1) is 9.60. The van der Waals surface area contributed by atoms with Crippen LogP contribution in [0.3, 0.4) is 0 Å². The number of benzene rings is 2. The third-order valence-corrected chi connectivity index (χ3v) is 3.81. The molecule has 0 bridgehead atoms. The molecule has 3 heteroatoms. The highest BCUT2D eigenvalue weighted by Crippen LogP contribution is 2.30. The van der Waals surface area contributed by atoms with Crippen molar-refractivity contribution in [1.82, 2.24) is 0 Å². The van der Waals surface area contributed by atoms with Crippen molar-refractivity contribution < 1.29 is 9.84 Å². The molecule has 0 aliphatic carbocycles. The fourth-order valence-electron chi connectivity index (χ4n) is 2.06. The molecule has 0 radical (unpaired) electrons. The summed E-state index contributed by atoms with van der Waals surface area (Å²) in [6, 6.07) is 13.8. The number of aryl methyl sites for hydroxylation is 1. The average molecular weight is 335 g/mol. The molecular weight excluding hydrogens is 316 g/mol. The molecule has 0 fully saturated rings. The Morgan fingerprint density at radius 3 is 2.30 bits per heavy atom. The van der Waals surface area contributed by atoms with E-state index in [1.807, 2.05) is 30.3 Å². The molecule has 0 aliphatic heterocycles. The molecule has 20 heavy (non-hydrogen) atoms. The maximum Gasteiger partial charge on any atom is 0.128 e. The van der Waals surface area contributed by atoms with Gasteiger partial charge in [-0.25, -0.2) is 0 Å². The fraction of sp³-hybridized carbons (Fsp3) is 0.294. The van der Waals surface area contributed by atoms with Gasteiger partial charge in [-0.2, -0.15) is 0 Å². The highest BCUT2D eigenvalue weighted by Gasteiger charge is 2.07. The molecule has 0 spiro atoms. The Balaban J connectivity index is 2.11. The van der Waals surface area contributed by atoms with E-state index in [0.717, 1.165) is 34.4 Å². The average Bonchev–Trinajstić information content (AvgIpc) is 2.41. The van der Waals surface area contributed by atoms with E-state index in [1.54, 1.807) is 6.92 Å². The number of halogens is 1. The fourth-order valence-corrected chi connectivity index (χ4v) is 2.75. The van der Waals surface area contributed by atoms with Gasteiger partial charge in [0.1, 0.15) is 11.5 Å². The molecule has 2 rings (SSSR count). The zero-order valence-electron chi connectivity index (χ0n) is 11.8. The molecule has 1 atom stereocenters. The molecule has 0 heterocycles. The first kappa shape index (κ1) is 15.1. The topological polar surface area (TPSA) is 29.5 Å². The first-order valence-corrected chi connectivity index (χ1v) is 7.63. The summed E-state index contributed by atoms with van der Waals surface area (Å²) in [4.78, 5) is 0. The number of hydrogen-bond acceptors (Lipinski definition) is 2. The zero-order chi connectivity index (χ0) is 14.5. The molecule has 106 valence electrons. The standard InChI is InChI=1S/C17H19BrO2/c1-3-4-13-5-7-14(8-6-13)20-15-9-10-16(12(2)19)17(18)11-15/h5-12,19H,3-4H2,1-2H3. The van der Waals surface area contributed by atoms with E-state index >= 15 is 0 Å². The molecule has 0 saturated carbocycles. The van der Waals surface area contributed by atoms with Crippen LogP contribution in [-0.4, -0.2) is 5.11 Å². The molecule has 0 saturated heterocycles. The largest absolute Gasteiger partial charge is 0.457 e. The van der Waals surface area contributed by atoms with Crippen LogP contribution in [0.25, 0.3) is 0 Å². The van der Waals surface area contributed by atoms with Crippen molar-refractivity contribution in [2.75, 3.05) is 0 Å². The molecular formula is C17H19BrO2. The minimum absolute atomic E-state index is 0.494. The van der Waals surface area contributed by atoms with Crippen LogP contribution in [0.5, 0.6) is 11.5 Å². The predicted molar refractivity (Wildman–Crippen MR) is 85.3 cm³/mol. The maximum atomic E-state index is 9.60. The number of ether oxygens (including phenoxy) is 1. The van der Waals surface area contributed by atoms with Crippen molar-refractivity contribution in [3.8, 4) is 11.5 Å². The summed E-state index contributed by atoms with van der Waals surface area (Å²) in [5, 5.41) is 9.60. The summed E-state index contributed by atoms with van der Waals surface area (Å²) < 4.78 is 6.67. The second-order valence-electron chi connectivity index (χ2n) is 4.86. The summed E-state index contributed by atoms with van der Waals surface area (Å²) in [5.74, 6) is 1.58. The molecule has 1 N–H and O–H groups in total. The molecule has 0 aromatic heterocycles. The predicted octanol–water partition coefficient (Wildman–Crippen LogP) is 5.25. The van der Waals surface area contributed by atoms with E-state index < -0.39 is 6.10 Å². The van der Waals surface area contributed by atoms with Gasteiger partial charge in [0.15, 0.2) is 0 Å². The van der Waals surface area contributed by atoms with E-state index in [1.165, 1.54) is 5.56 Å². The van der Waals surface area contributed by atoms with Crippen LogP contribution in [-0.2, 0) is 6.42 Å². The van der Waals surface area contributed by atoms with Crippen LogP contribution in [0.2, 0.25) is 0 Å². The van der Waals surface area contributed by atoms with Crippen LogP contribution >= 0.6 is 15.9 Å². The van der Waals surface area contributed by atoms with E-state index in [0.29, 0.717) is 0 Å². The Kier molecular flexibility index (Phi) is 5.21. The maximum absolute atomic E-state index is 9.60. The van der Waals surface area contributed by atoms with Gasteiger partial charge in [-0.05, 0) is 48.7 Å². The lowest BCUT2D eigenvalue weighted by molar-refractivity contribution is 0.198. The van der Waals surface area contributed by atoms with E-state index in [-0.39, 0.29) is 0 Å². The normalized spacial score (nSPS) is 12.2. The van der Waals surface area contributed by atoms with Gasteiger partial charge >= 0.3 is 0 Å². The summed E-state index contributed by atoms with van der Waals surface area (Å²) in [5.41, 5.74) is 2.18. The second kappa shape index (κ2) is 6.91. The van der Waals surface area contributed by atoms with Crippen molar-refractivity contribution in [1.29, 1.82) is 0 Å². The van der Waals surface area contributed by atoms with Gasteiger partial charge in [0.05, 0.1) is 6.10 Å². The number of aliphatic hydroxyl groups is 1. The third kappa shape index (κ3) is 3.84. The molecule has 0 amide bonds. The van der Waals surface area contributed by atoms with Crippen LogP contribution in [0, 0.1) is 0 Å².